The average molecular weight is 412 g/mol. The number of rotatable bonds is 4. The molecule has 0 spiro atoms. The van der Waals surface area contributed by atoms with Crippen molar-refractivity contribution >= 4 is 29.1 Å². The van der Waals surface area contributed by atoms with Gasteiger partial charge in [0.15, 0.2) is 5.69 Å². The van der Waals surface area contributed by atoms with Crippen molar-refractivity contribution in [2.75, 3.05) is 12.4 Å². The van der Waals surface area contributed by atoms with Gasteiger partial charge in [0.1, 0.15) is 11.4 Å². The molecule has 0 aliphatic heterocycles. The van der Waals surface area contributed by atoms with Crippen LogP contribution in [0.4, 0.5) is 24.7 Å². The summed E-state index contributed by atoms with van der Waals surface area (Å²) in [6.45, 7) is 1.53. The second kappa shape index (κ2) is 7.47. The fourth-order valence-corrected chi connectivity index (χ4v) is 2.55. The molecule has 0 amide bonds. The first-order chi connectivity index (χ1) is 13.2. The van der Waals surface area contributed by atoms with Crippen LogP contribution in [0.2, 0.25) is 5.28 Å². The summed E-state index contributed by atoms with van der Waals surface area (Å²) in [5, 5.41) is 6.43. The zero-order chi connectivity index (χ0) is 20.5. The van der Waals surface area contributed by atoms with E-state index in [0.29, 0.717) is 17.1 Å². The number of ether oxygens (including phenoxy) is 1. The van der Waals surface area contributed by atoms with Crippen molar-refractivity contribution in [3.63, 3.8) is 0 Å². The fraction of sp³-hybridized carbons (Fsp3) is 0.176. The lowest BCUT2D eigenvalue weighted by molar-refractivity contribution is -0.141. The van der Waals surface area contributed by atoms with Crippen molar-refractivity contribution in [2.24, 2.45) is 0 Å². The molecule has 3 rings (SSSR count). The number of carbonyl (C=O) groups excluding carboxylic acids is 1. The molecule has 0 aliphatic carbocycles. The second-order valence-corrected chi connectivity index (χ2v) is 5.98. The van der Waals surface area contributed by atoms with Crippen molar-refractivity contribution in [1.29, 1.82) is 0 Å². The van der Waals surface area contributed by atoms with Crippen LogP contribution in [-0.4, -0.2) is 32.8 Å². The summed E-state index contributed by atoms with van der Waals surface area (Å²) in [7, 11) is 1.22. The Morgan fingerprint density at radius 2 is 1.93 bits per heavy atom. The fourth-order valence-electron chi connectivity index (χ4n) is 2.41. The zero-order valence-electron chi connectivity index (χ0n) is 14.6. The molecule has 28 heavy (non-hydrogen) atoms. The van der Waals surface area contributed by atoms with Crippen LogP contribution in [0.5, 0.6) is 0 Å². The predicted molar refractivity (Wildman–Crippen MR) is 95.0 cm³/mol. The highest BCUT2D eigenvalue weighted by Gasteiger charge is 2.34. The Morgan fingerprint density at radius 1 is 1.25 bits per heavy atom. The third-order valence-corrected chi connectivity index (χ3v) is 3.90. The molecular formula is C17H13ClF3N5O2. The SMILES string of the molecule is COC(=O)c1cnc(Cl)nc1Nc1ccc(-n2nc(C(F)(F)F)cc2C)cc1. The number of aryl methyl sites for hydroxylation is 1. The van der Waals surface area contributed by atoms with Crippen molar-refractivity contribution in [2.45, 2.75) is 13.1 Å². The van der Waals surface area contributed by atoms with Crippen LogP contribution in [0, 0.1) is 6.92 Å². The number of carbonyl (C=O) groups is 1. The highest BCUT2D eigenvalue weighted by atomic mass is 35.5. The van der Waals surface area contributed by atoms with Gasteiger partial charge in [0.05, 0.1) is 12.8 Å². The Labute approximate surface area is 162 Å². The first-order valence-electron chi connectivity index (χ1n) is 7.81. The molecule has 11 heteroatoms. The first kappa shape index (κ1) is 19.6. The average Bonchev–Trinajstić information content (AvgIpc) is 3.04. The molecule has 0 saturated heterocycles. The van der Waals surface area contributed by atoms with Crippen LogP contribution < -0.4 is 5.32 Å². The molecule has 1 aromatic carbocycles. The van der Waals surface area contributed by atoms with E-state index in [1.165, 1.54) is 24.9 Å². The molecule has 0 unspecified atom stereocenters. The smallest absolute Gasteiger partial charge is 0.435 e. The van der Waals surface area contributed by atoms with Crippen molar-refractivity contribution in [1.82, 2.24) is 19.7 Å². The summed E-state index contributed by atoms with van der Waals surface area (Å²) < 4.78 is 44.3. The number of hydrogen-bond donors (Lipinski definition) is 1. The zero-order valence-corrected chi connectivity index (χ0v) is 15.3. The highest BCUT2D eigenvalue weighted by molar-refractivity contribution is 6.28. The molecule has 0 radical (unpaired) electrons. The lowest BCUT2D eigenvalue weighted by Crippen LogP contribution is -2.09. The minimum Gasteiger partial charge on any atom is -0.465 e. The van der Waals surface area contributed by atoms with E-state index in [9.17, 15) is 18.0 Å². The quantitative estimate of drug-likeness (QED) is 0.512. The Balaban J connectivity index is 1.88. The lowest BCUT2D eigenvalue weighted by Gasteiger charge is -2.11. The molecule has 2 aromatic heterocycles. The maximum atomic E-state index is 12.8. The van der Waals surface area contributed by atoms with Gasteiger partial charge >= 0.3 is 12.1 Å². The molecule has 2 heterocycles. The molecular weight excluding hydrogens is 399 g/mol. The van der Waals surface area contributed by atoms with E-state index in [1.807, 2.05) is 0 Å². The first-order valence-corrected chi connectivity index (χ1v) is 8.19. The van der Waals surface area contributed by atoms with Gasteiger partial charge in [0, 0.05) is 17.6 Å². The monoisotopic (exact) mass is 411 g/mol. The summed E-state index contributed by atoms with van der Waals surface area (Å²) in [6.07, 6.45) is -3.29. The normalized spacial score (nSPS) is 11.4. The topological polar surface area (TPSA) is 81.9 Å². The van der Waals surface area contributed by atoms with Crippen LogP contribution in [0.25, 0.3) is 5.69 Å². The van der Waals surface area contributed by atoms with Crippen LogP contribution in [0.1, 0.15) is 21.7 Å². The molecule has 1 N–H and O–H groups in total. The number of aromatic nitrogens is 4. The van der Waals surface area contributed by atoms with Crippen molar-refractivity contribution < 1.29 is 22.7 Å². The number of esters is 1. The van der Waals surface area contributed by atoms with Gasteiger partial charge in [0.25, 0.3) is 0 Å². The van der Waals surface area contributed by atoms with Gasteiger partial charge in [0.2, 0.25) is 5.28 Å². The number of anilines is 2. The standard InChI is InChI=1S/C17H13ClF3N5O2/c1-9-7-13(17(19,20)21)25-26(9)11-5-3-10(4-6-11)23-14-12(15(27)28-2)8-22-16(18)24-14/h3-8H,1-2H3,(H,22,23,24). The molecule has 0 saturated carbocycles. The van der Waals surface area contributed by atoms with Gasteiger partial charge in [-0.2, -0.15) is 23.3 Å². The maximum absolute atomic E-state index is 12.8. The number of halogens is 4. The van der Waals surface area contributed by atoms with E-state index in [2.05, 4.69) is 25.1 Å². The van der Waals surface area contributed by atoms with Gasteiger partial charge < -0.3 is 10.1 Å². The molecule has 0 fully saturated rings. The summed E-state index contributed by atoms with van der Waals surface area (Å²) in [5.41, 5.74) is 0.403. The van der Waals surface area contributed by atoms with E-state index in [1.54, 1.807) is 24.3 Å². The molecule has 146 valence electrons. The molecule has 7 nitrogen and oxygen atoms in total. The van der Waals surface area contributed by atoms with E-state index in [0.717, 1.165) is 6.07 Å². The molecule has 0 aliphatic rings. The number of nitrogens with one attached hydrogen (secondary N) is 1. The second-order valence-electron chi connectivity index (χ2n) is 5.65. The van der Waals surface area contributed by atoms with Crippen molar-refractivity contribution in [3.05, 3.63) is 58.8 Å². The number of benzene rings is 1. The maximum Gasteiger partial charge on any atom is 0.435 e. The summed E-state index contributed by atoms with van der Waals surface area (Å²) in [5.74, 6) is -0.517. The lowest BCUT2D eigenvalue weighted by atomic mass is 10.2. The third-order valence-electron chi connectivity index (χ3n) is 3.72. The van der Waals surface area contributed by atoms with Gasteiger partial charge in [-0.05, 0) is 48.9 Å². The summed E-state index contributed by atoms with van der Waals surface area (Å²) in [4.78, 5) is 19.5. The van der Waals surface area contributed by atoms with Gasteiger partial charge in [-0.1, -0.05) is 0 Å². The van der Waals surface area contributed by atoms with Crippen molar-refractivity contribution in [3.8, 4) is 5.69 Å². The van der Waals surface area contributed by atoms with Gasteiger partial charge in [-0.25, -0.2) is 14.5 Å². The van der Waals surface area contributed by atoms with E-state index in [-0.39, 0.29) is 16.7 Å². The van der Waals surface area contributed by atoms with Gasteiger partial charge in [-0.3, -0.25) is 0 Å². The van der Waals surface area contributed by atoms with E-state index >= 15 is 0 Å². The molecule has 3 aromatic rings. The predicted octanol–water partition coefficient (Wildman–Crippen LogP) is 4.17. The Hall–Kier alpha value is -3.14. The van der Waals surface area contributed by atoms with Gasteiger partial charge in [-0.15, -0.1) is 0 Å². The Bertz CT molecular complexity index is 1020. The molecule has 0 atom stereocenters. The van der Waals surface area contributed by atoms with E-state index < -0.39 is 17.8 Å². The number of methoxy groups -OCH3 is 1. The number of nitrogens with zero attached hydrogens (tertiary/aromatic N) is 4. The minimum absolute atomic E-state index is 0.0707. The van der Waals surface area contributed by atoms with Crippen LogP contribution >= 0.6 is 11.6 Å². The van der Waals surface area contributed by atoms with Crippen LogP contribution in [0.15, 0.2) is 36.5 Å². The number of alkyl halides is 3. The third kappa shape index (κ3) is 4.06. The minimum atomic E-state index is -4.52. The van der Waals surface area contributed by atoms with E-state index in [4.69, 9.17) is 11.6 Å². The van der Waals surface area contributed by atoms with Crippen LogP contribution in [-0.2, 0) is 10.9 Å². The molecule has 0 bridgehead atoms. The summed E-state index contributed by atoms with van der Waals surface area (Å²) in [6, 6.07) is 7.31. The number of hydrogen-bond acceptors (Lipinski definition) is 6. The Morgan fingerprint density at radius 3 is 2.50 bits per heavy atom. The summed E-state index contributed by atoms with van der Waals surface area (Å²) >= 11 is 5.77. The highest BCUT2D eigenvalue weighted by Crippen LogP contribution is 2.29. The Kier molecular flexibility index (Phi) is 5.23. The largest absolute Gasteiger partial charge is 0.465 e. The van der Waals surface area contributed by atoms with Crippen LogP contribution in [0.3, 0.4) is 0 Å².